The number of aryl methyl sites for hydroxylation is 1. The number of hydrogen-bond donors (Lipinski definition) is 2. The second-order valence-corrected chi connectivity index (χ2v) is 8.63. The van der Waals surface area contributed by atoms with Gasteiger partial charge in [-0.3, -0.25) is 9.36 Å². The summed E-state index contributed by atoms with van der Waals surface area (Å²) >= 11 is 5.77. The van der Waals surface area contributed by atoms with Gasteiger partial charge in [0.2, 0.25) is 11.8 Å². The molecule has 0 saturated heterocycles. The molecule has 2 N–H and O–H groups in total. The van der Waals surface area contributed by atoms with Crippen molar-refractivity contribution in [2.45, 2.75) is 19.4 Å². The Morgan fingerprint density at radius 3 is 2.27 bits per heavy atom. The van der Waals surface area contributed by atoms with Gasteiger partial charge in [0, 0.05) is 12.2 Å². The van der Waals surface area contributed by atoms with Crippen LogP contribution in [0.2, 0.25) is 0 Å². The standard InChI is InChI=1S/C28H29N3O5S/c1-34-22-12-10-20(11-13-22)29-26(32)18-23-27(33)31(21-7-5-4-6-8-21)28(37)30(23)16-15-19-9-14-24(35-2)25(17-19)36-3/h4-14,17,33H,15-16,18H2,1-3H3,(H,29,32). The highest BCUT2D eigenvalue weighted by molar-refractivity contribution is 7.71. The molecule has 1 amide bonds. The summed E-state index contributed by atoms with van der Waals surface area (Å²) in [5, 5.41) is 14.1. The van der Waals surface area contributed by atoms with Crippen LogP contribution in [0.1, 0.15) is 11.3 Å². The summed E-state index contributed by atoms with van der Waals surface area (Å²) in [5.74, 6) is 1.63. The monoisotopic (exact) mass is 519 g/mol. The van der Waals surface area contributed by atoms with Gasteiger partial charge in [-0.1, -0.05) is 24.3 Å². The number of aromatic nitrogens is 2. The normalized spacial score (nSPS) is 10.7. The van der Waals surface area contributed by atoms with Crippen LogP contribution in [-0.4, -0.2) is 41.5 Å². The van der Waals surface area contributed by atoms with Crippen molar-refractivity contribution in [1.29, 1.82) is 0 Å². The number of methoxy groups -OCH3 is 3. The van der Waals surface area contributed by atoms with Crippen LogP contribution in [0.15, 0.2) is 72.8 Å². The first-order valence-corrected chi connectivity index (χ1v) is 12.1. The van der Waals surface area contributed by atoms with Gasteiger partial charge in [0.05, 0.1) is 39.1 Å². The number of anilines is 1. The molecule has 1 heterocycles. The first-order chi connectivity index (χ1) is 17.9. The number of nitrogens with one attached hydrogen (secondary N) is 1. The molecule has 37 heavy (non-hydrogen) atoms. The average molecular weight is 520 g/mol. The first kappa shape index (κ1) is 25.8. The Balaban J connectivity index is 1.64. The molecule has 0 aliphatic heterocycles. The lowest BCUT2D eigenvalue weighted by Gasteiger charge is -2.12. The lowest BCUT2D eigenvalue weighted by molar-refractivity contribution is -0.115. The molecule has 0 radical (unpaired) electrons. The van der Waals surface area contributed by atoms with Crippen LogP contribution in [0.4, 0.5) is 5.69 Å². The number of amides is 1. The molecule has 0 spiro atoms. The molecule has 4 aromatic rings. The van der Waals surface area contributed by atoms with Gasteiger partial charge in [0.1, 0.15) is 5.75 Å². The Kier molecular flexibility index (Phi) is 8.15. The fourth-order valence-electron chi connectivity index (χ4n) is 4.10. The number of aromatic hydroxyl groups is 1. The van der Waals surface area contributed by atoms with E-state index in [1.807, 2.05) is 53.1 Å². The van der Waals surface area contributed by atoms with Gasteiger partial charge in [0.25, 0.3) is 0 Å². The summed E-state index contributed by atoms with van der Waals surface area (Å²) in [4.78, 5) is 13.0. The second-order valence-electron chi connectivity index (χ2n) is 8.27. The molecule has 1 aromatic heterocycles. The quantitative estimate of drug-likeness (QED) is 0.281. The summed E-state index contributed by atoms with van der Waals surface area (Å²) < 4.78 is 19.7. The Hall–Kier alpha value is -4.24. The van der Waals surface area contributed by atoms with Crippen LogP contribution >= 0.6 is 12.2 Å². The van der Waals surface area contributed by atoms with Crippen LogP contribution in [0, 0.1) is 4.77 Å². The lowest BCUT2D eigenvalue weighted by Crippen LogP contribution is -2.17. The van der Waals surface area contributed by atoms with E-state index in [-0.39, 0.29) is 18.2 Å². The largest absolute Gasteiger partial charge is 0.497 e. The van der Waals surface area contributed by atoms with Crippen LogP contribution in [0.5, 0.6) is 23.1 Å². The fourth-order valence-corrected chi connectivity index (χ4v) is 4.49. The van der Waals surface area contributed by atoms with E-state index in [9.17, 15) is 9.90 Å². The minimum Gasteiger partial charge on any atom is -0.497 e. The third kappa shape index (κ3) is 5.78. The third-order valence-corrected chi connectivity index (χ3v) is 6.41. The molecule has 0 atom stereocenters. The van der Waals surface area contributed by atoms with Gasteiger partial charge in [-0.25, -0.2) is 0 Å². The van der Waals surface area contributed by atoms with Crippen molar-refractivity contribution in [1.82, 2.24) is 9.13 Å². The highest BCUT2D eigenvalue weighted by atomic mass is 32.1. The van der Waals surface area contributed by atoms with Crippen molar-refractivity contribution in [2.75, 3.05) is 26.6 Å². The maximum atomic E-state index is 13.0. The zero-order valence-electron chi connectivity index (χ0n) is 20.9. The second kappa shape index (κ2) is 11.7. The minimum absolute atomic E-state index is 0.0617. The van der Waals surface area contributed by atoms with Gasteiger partial charge in [-0.2, -0.15) is 0 Å². The van der Waals surface area contributed by atoms with E-state index in [2.05, 4.69) is 5.32 Å². The molecule has 8 nitrogen and oxygen atoms in total. The predicted molar refractivity (Wildman–Crippen MR) is 145 cm³/mol. The zero-order chi connectivity index (χ0) is 26.4. The molecular formula is C28H29N3O5S. The van der Waals surface area contributed by atoms with Crippen LogP contribution < -0.4 is 19.5 Å². The van der Waals surface area contributed by atoms with Crippen molar-refractivity contribution in [3.8, 4) is 28.8 Å². The molecule has 0 saturated carbocycles. The van der Waals surface area contributed by atoms with Gasteiger partial charge >= 0.3 is 0 Å². The summed E-state index contributed by atoms with van der Waals surface area (Å²) in [6.45, 7) is 0.451. The number of rotatable bonds is 10. The number of carbonyl (C=O) groups is 1. The van der Waals surface area contributed by atoms with Crippen LogP contribution in [0.3, 0.4) is 0 Å². The molecule has 4 rings (SSSR count). The van der Waals surface area contributed by atoms with E-state index in [4.69, 9.17) is 26.4 Å². The SMILES string of the molecule is COc1ccc(NC(=O)Cc2c(O)n(-c3ccccc3)c(=S)n2CCc2ccc(OC)c(OC)c2)cc1. The van der Waals surface area contributed by atoms with Gasteiger partial charge in [-0.15, -0.1) is 0 Å². The van der Waals surface area contributed by atoms with Crippen molar-refractivity contribution in [3.63, 3.8) is 0 Å². The molecule has 192 valence electrons. The number of carbonyl (C=O) groups excluding carboxylic acids is 1. The van der Waals surface area contributed by atoms with Crippen molar-refractivity contribution in [3.05, 3.63) is 88.8 Å². The lowest BCUT2D eigenvalue weighted by atomic mass is 10.1. The number of benzene rings is 3. The Bertz CT molecular complexity index is 1430. The number of ether oxygens (including phenoxy) is 3. The summed E-state index contributed by atoms with van der Waals surface area (Å²) in [7, 11) is 4.77. The Morgan fingerprint density at radius 1 is 0.919 bits per heavy atom. The van der Waals surface area contributed by atoms with Gasteiger partial charge in [0.15, 0.2) is 16.3 Å². The molecule has 0 aliphatic rings. The summed E-state index contributed by atoms with van der Waals surface area (Å²) in [6, 6.07) is 22.1. The fraction of sp³-hybridized carbons (Fsp3) is 0.214. The van der Waals surface area contributed by atoms with Gasteiger partial charge in [-0.05, 0) is 72.7 Å². The van der Waals surface area contributed by atoms with Crippen LogP contribution in [-0.2, 0) is 24.2 Å². The molecule has 0 fully saturated rings. The van der Waals surface area contributed by atoms with E-state index < -0.39 is 0 Å². The molecule has 0 unspecified atom stereocenters. The number of para-hydroxylation sites is 1. The minimum atomic E-state index is -0.277. The molecular weight excluding hydrogens is 490 g/mol. The number of imidazole rings is 1. The van der Waals surface area contributed by atoms with E-state index in [1.54, 1.807) is 50.2 Å². The highest BCUT2D eigenvalue weighted by Crippen LogP contribution is 2.30. The summed E-state index contributed by atoms with van der Waals surface area (Å²) in [6.07, 6.45) is 0.535. The third-order valence-electron chi connectivity index (χ3n) is 6.01. The van der Waals surface area contributed by atoms with E-state index in [0.29, 0.717) is 52.1 Å². The highest BCUT2D eigenvalue weighted by Gasteiger charge is 2.21. The Morgan fingerprint density at radius 2 is 1.62 bits per heavy atom. The molecule has 9 heteroatoms. The van der Waals surface area contributed by atoms with E-state index in [1.165, 1.54) is 0 Å². The average Bonchev–Trinajstić information content (AvgIpc) is 3.16. The van der Waals surface area contributed by atoms with Crippen molar-refractivity contribution < 1.29 is 24.1 Å². The van der Waals surface area contributed by atoms with Gasteiger partial charge < -0.3 is 29.2 Å². The van der Waals surface area contributed by atoms with E-state index >= 15 is 0 Å². The van der Waals surface area contributed by atoms with Crippen molar-refractivity contribution in [2.24, 2.45) is 0 Å². The molecule has 3 aromatic carbocycles. The smallest absolute Gasteiger partial charge is 0.230 e. The summed E-state index contributed by atoms with van der Waals surface area (Å²) in [5.41, 5.74) is 2.77. The van der Waals surface area contributed by atoms with E-state index in [0.717, 1.165) is 5.56 Å². The first-order valence-electron chi connectivity index (χ1n) is 11.7. The maximum Gasteiger partial charge on any atom is 0.230 e. The predicted octanol–water partition coefficient (Wildman–Crippen LogP) is 5.16. The maximum absolute atomic E-state index is 13.0. The topological polar surface area (TPSA) is 86.9 Å². The molecule has 0 aliphatic carbocycles. The Labute approximate surface area is 220 Å². The number of hydrogen-bond acceptors (Lipinski definition) is 6. The molecule has 0 bridgehead atoms. The van der Waals surface area contributed by atoms with Crippen LogP contribution in [0.25, 0.3) is 5.69 Å². The number of nitrogens with zero attached hydrogens (tertiary/aromatic N) is 2. The van der Waals surface area contributed by atoms with Crippen molar-refractivity contribution >= 4 is 23.8 Å². The zero-order valence-corrected chi connectivity index (χ0v) is 21.7.